The molecule has 0 bridgehead atoms. The highest BCUT2D eigenvalue weighted by Crippen LogP contribution is 2.38. The van der Waals surface area contributed by atoms with Gasteiger partial charge >= 0.3 is 0 Å². The lowest BCUT2D eigenvalue weighted by atomic mass is 9.95. The maximum absolute atomic E-state index is 14.7. The lowest BCUT2D eigenvalue weighted by molar-refractivity contribution is -0.150. The molecule has 2 amide bonds. The molecule has 24 heavy (non-hydrogen) atoms. The molecule has 3 rings (SSSR count). The molecule has 0 spiro atoms. The van der Waals surface area contributed by atoms with Crippen LogP contribution < -0.4 is 4.74 Å². The van der Waals surface area contributed by atoms with Gasteiger partial charge in [0.05, 0.1) is 12.2 Å². The van der Waals surface area contributed by atoms with E-state index in [-0.39, 0.29) is 23.1 Å². The molecule has 2 saturated heterocycles. The van der Waals surface area contributed by atoms with Crippen LogP contribution >= 0.6 is 0 Å². The van der Waals surface area contributed by atoms with Crippen LogP contribution in [-0.2, 0) is 9.59 Å². The minimum atomic E-state index is -1.17. The van der Waals surface area contributed by atoms with Crippen LogP contribution in [0.5, 0.6) is 5.75 Å². The first-order valence-electron chi connectivity index (χ1n) is 8.10. The second-order valence-electron chi connectivity index (χ2n) is 5.74. The Morgan fingerprint density at radius 2 is 1.83 bits per heavy atom. The van der Waals surface area contributed by atoms with E-state index >= 15 is 0 Å². The maximum Gasteiger partial charge on any atom is 0.258 e. The normalized spacial score (nSPS) is 17.6. The molecular weight excluding hydrogens is 311 g/mol. The van der Waals surface area contributed by atoms with E-state index in [1.165, 1.54) is 16.1 Å². The van der Waals surface area contributed by atoms with Crippen molar-refractivity contribution in [2.45, 2.75) is 32.6 Å². The van der Waals surface area contributed by atoms with Crippen molar-refractivity contribution in [1.82, 2.24) is 10.0 Å². The fraction of sp³-hybridized carbons (Fsp3) is 0.444. The van der Waals surface area contributed by atoms with Crippen molar-refractivity contribution in [1.29, 1.82) is 0 Å². The van der Waals surface area contributed by atoms with E-state index in [4.69, 9.17) is 4.74 Å². The number of carbonyl (C=O) groups excluding carboxylic acids is 2. The minimum Gasteiger partial charge on any atom is -0.493 e. The Hall–Kier alpha value is -2.55. The molecule has 2 fully saturated rings. The number of hydrazine groups is 1. The Morgan fingerprint density at radius 1 is 1.21 bits per heavy atom. The molecule has 126 valence electrons. The average molecular weight is 330 g/mol. The zero-order valence-corrected chi connectivity index (χ0v) is 13.8. The van der Waals surface area contributed by atoms with Gasteiger partial charge in [-0.1, -0.05) is 5.92 Å². The number of hydrogen-bond donors (Lipinski definition) is 0. The van der Waals surface area contributed by atoms with Crippen LogP contribution in [0.3, 0.4) is 0 Å². The number of nitrogens with zero attached hydrogens (tertiary/aromatic N) is 2. The maximum atomic E-state index is 14.7. The highest BCUT2D eigenvalue weighted by atomic mass is 19.1. The SMILES string of the molecule is CC#Cc1cc(F)c(C2C(=O)N3CCCCN3C2=O)c(OCC)c1. The molecular formula is C18H19FN2O3. The van der Waals surface area contributed by atoms with E-state index in [1.807, 2.05) is 0 Å². The second-order valence-corrected chi connectivity index (χ2v) is 5.74. The van der Waals surface area contributed by atoms with Gasteiger partial charge in [0, 0.05) is 18.7 Å². The van der Waals surface area contributed by atoms with Crippen LogP contribution in [0.2, 0.25) is 0 Å². The van der Waals surface area contributed by atoms with Crippen LogP contribution in [0.15, 0.2) is 12.1 Å². The molecule has 1 aromatic rings. The Labute approximate surface area is 140 Å². The Morgan fingerprint density at radius 3 is 2.38 bits per heavy atom. The molecule has 0 N–H and O–H groups in total. The number of amides is 2. The highest BCUT2D eigenvalue weighted by molar-refractivity contribution is 6.10. The summed E-state index contributed by atoms with van der Waals surface area (Å²) < 4.78 is 20.3. The van der Waals surface area contributed by atoms with Gasteiger partial charge in [-0.2, -0.15) is 0 Å². The lowest BCUT2D eigenvalue weighted by Crippen LogP contribution is -2.45. The molecule has 0 aromatic heterocycles. The van der Waals surface area contributed by atoms with Crippen molar-refractivity contribution in [2.24, 2.45) is 0 Å². The van der Waals surface area contributed by atoms with Gasteiger partial charge in [0.1, 0.15) is 11.6 Å². The first-order chi connectivity index (χ1) is 11.6. The summed E-state index contributed by atoms with van der Waals surface area (Å²) in [5.41, 5.74) is 0.473. The summed E-state index contributed by atoms with van der Waals surface area (Å²) in [6.45, 7) is 4.71. The number of ether oxygens (including phenoxy) is 1. The molecule has 0 saturated carbocycles. The van der Waals surface area contributed by atoms with Gasteiger partial charge in [0.15, 0.2) is 5.92 Å². The summed E-state index contributed by atoms with van der Waals surface area (Å²) in [6.07, 6.45) is 1.68. The largest absolute Gasteiger partial charge is 0.493 e. The number of fused-ring (bicyclic) bond motifs is 1. The van der Waals surface area contributed by atoms with Gasteiger partial charge < -0.3 is 4.74 Å². The third kappa shape index (κ3) is 2.60. The third-order valence-corrected chi connectivity index (χ3v) is 4.23. The van der Waals surface area contributed by atoms with Gasteiger partial charge in [0.25, 0.3) is 11.8 Å². The van der Waals surface area contributed by atoms with Crippen molar-refractivity contribution in [2.75, 3.05) is 19.7 Å². The first-order valence-corrected chi connectivity index (χ1v) is 8.10. The highest BCUT2D eigenvalue weighted by Gasteiger charge is 2.49. The first kappa shape index (κ1) is 16.3. The quantitative estimate of drug-likeness (QED) is 0.630. The van der Waals surface area contributed by atoms with Gasteiger partial charge in [-0.15, -0.1) is 5.92 Å². The molecule has 0 aliphatic carbocycles. The van der Waals surface area contributed by atoms with E-state index in [1.54, 1.807) is 19.9 Å². The topological polar surface area (TPSA) is 49.9 Å². The lowest BCUT2D eigenvalue weighted by Gasteiger charge is -2.31. The van der Waals surface area contributed by atoms with Gasteiger partial charge in [0.2, 0.25) is 0 Å². The van der Waals surface area contributed by atoms with Crippen LogP contribution in [0, 0.1) is 17.7 Å². The Bertz CT molecular complexity index is 727. The molecule has 5 nitrogen and oxygen atoms in total. The summed E-state index contributed by atoms with van der Waals surface area (Å²) >= 11 is 0. The molecule has 0 unspecified atom stereocenters. The third-order valence-electron chi connectivity index (χ3n) is 4.23. The van der Waals surface area contributed by atoms with Crippen molar-refractivity contribution in [3.05, 3.63) is 29.1 Å². The average Bonchev–Trinajstić information content (AvgIpc) is 2.81. The molecule has 2 aliphatic rings. The summed E-state index contributed by atoms with van der Waals surface area (Å²) in [5.74, 6) is 3.13. The van der Waals surface area contributed by atoms with Crippen molar-refractivity contribution >= 4 is 11.8 Å². The van der Waals surface area contributed by atoms with E-state index in [9.17, 15) is 14.0 Å². The van der Waals surface area contributed by atoms with Crippen LogP contribution in [0.1, 0.15) is 43.7 Å². The van der Waals surface area contributed by atoms with Crippen LogP contribution in [0.25, 0.3) is 0 Å². The van der Waals surface area contributed by atoms with Crippen LogP contribution in [-0.4, -0.2) is 41.5 Å². The predicted molar refractivity (Wildman–Crippen MR) is 85.5 cm³/mol. The minimum absolute atomic E-state index is 0.0166. The van der Waals surface area contributed by atoms with Crippen molar-refractivity contribution < 1.29 is 18.7 Å². The summed E-state index contributed by atoms with van der Waals surface area (Å²) in [5, 5.41) is 2.87. The van der Waals surface area contributed by atoms with E-state index in [2.05, 4.69) is 11.8 Å². The smallest absolute Gasteiger partial charge is 0.258 e. The van der Waals surface area contributed by atoms with E-state index in [0.29, 0.717) is 25.3 Å². The van der Waals surface area contributed by atoms with Gasteiger partial charge in [-0.3, -0.25) is 19.6 Å². The number of rotatable bonds is 3. The number of hydrogen-bond acceptors (Lipinski definition) is 3. The van der Waals surface area contributed by atoms with Gasteiger partial charge in [-0.05, 0) is 38.8 Å². The van der Waals surface area contributed by atoms with E-state index < -0.39 is 11.7 Å². The fourth-order valence-electron chi connectivity index (χ4n) is 3.24. The Kier molecular flexibility index (Phi) is 4.43. The summed E-state index contributed by atoms with van der Waals surface area (Å²) in [6, 6.07) is 2.84. The summed E-state index contributed by atoms with van der Waals surface area (Å²) in [7, 11) is 0. The second kappa shape index (κ2) is 6.52. The van der Waals surface area contributed by atoms with Gasteiger partial charge in [-0.25, -0.2) is 4.39 Å². The van der Waals surface area contributed by atoms with E-state index in [0.717, 1.165) is 12.8 Å². The molecule has 1 aromatic carbocycles. The van der Waals surface area contributed by atoms with Crippen LogP contribution in [0.4, 0.5) is 4.39 Å². The molecule has 6 heteroatoms. The van der Waals surface area contributed by atoms with Crippen molar-refractivity contribution in [3.63, 3.8) is 0 Å². The monoisotopic (exact) mass is 330 g/mol. The molecule has 0 atom stereocenters. The van der Waals surface area contributed by atoms with Crippen molar-refractivity contribution in [3.8, 4) is 17.6 Å². The zero-order chi connectivity index (χ0) is 17.3. The zero-order valence-electron chi connectivity index (χ0n) is 13.8. The number of benzene rings is 1. The molecule has 0 radical (unpaired) electrons. The fourth-order valence-corrected chi connectivity index (χ4v) is 3.24. The summed E-state index contributed by atoms with van der Waals surface area (Å²) in [4.78, 5) is 25.4. The standard InChI is InChI=1S/C18H19FN2O3/c1-3-7-12-10-13(19)15(14(11-12)24-4-2)16-17(22)20-8-5-6-9-21(20)18(16)23/h10-11,16H,4-6,8-9H2,1-2H3. The predicted octanol–water partition coefficient (Wildman–Crippen LogP) is 2.06. The number of halogens is 1. The molecule has 2 heterocycles. The Balaban J connectivity index is 2.08. The number of carbonyl (C=O) groups is 2. The molecule has 2 aliphatic heterocycles.